The number of carbonyl (C=O) groups excluding carboxylic acids is 2. The maximum Gasteiger partial charge on any atom is 0.305 e. The molecule has 0 aliphatic rings. The third kappa shape index (κ3) is 6.24. The van der Waals surface area contributed by atoms with Gasteiger partial charge in [0.25, 0.3) is 0 Å². The Kier molecular flexibility index (Phi) is 9.55. The third-order valence-corrected chi connectivity index (χ3v) is 4.38. The zero-order valence-corrected chi connectivity index (χ0v) is 16.2. The lowest BCUT2D eigenvalue weighted by molar-refractivity contribution is -0.140. The summed E-state index contributed by atoms with van der Waals surface area (Å²) in [5.74, 6) is 0.183. The molecule has 0 spiro atoms. The first-order chi connectivity index (χ1) is 12.5. The van der Waals surface area contributed by atoms with Gasteiger partial charge in [-0.3, -0.25) is 9.59 Å². The SMILES string of the molecule is COC(=O)CCCCCCCCC(=O)c1c(C)cc(OC)c(OC)c1O. The average molecular weight is 366 g/mol. The monoisotopic (exact) mass is 366 g/mol. The van der Waals surface area contributed by atoms with Gasteiger partial charge in [0.05, 0.1) is 26.9 Å². The summed E-state index contributed by atoms with van der Waals surface area (Å²) in [6.45, 7) is 1.77. The summed E-state index contributed by atoms with van der Waals surface area (Å²) in [7, 11) is 4.32. The van der Waals surface area contributed by atoms with Crippen LogP contribution in [0.5, 0.6) is 17.2 Å². The Morgan fingerprint density at radius 2 is 1.50 bits per heavy atom. The summed E-state index contributed by atoms with van der Waals surface area (Å²) < 4.78 is 14.9. The number of benzene rings is 1. The Bertz CT molecular complexity index is 609. The number of phenolic OH excluding ortho intramolecular Hbond substituents is 1. The van der Waals surface area contributed by atoms with E-state index in [0.717, 1.165) is 38.5 Å². The molecule has 146 valence electrons. The maximum absolute atomic E-state index is 12.5. The van der Waals surface area contributed by atoms with E-state index in [1.54, 1.807) is 13.0 Å². The van der Waals surface area contributed by atoms with Gasteiger partial charge in [-0.15, -0.1) is 0 Å². The van der Waals surface area contributed by atoms with Gasteiger partial charge in [-0.05, 0) is 31.4 Å². The molecule has 0 saturated carbocycles. The molecule has 0 amide bonds. The van der Waals surface area contributed by atoms with Crippen LogP contribution in [0.3, 0.4) is 0 Å². The molecule has 6 heteroatoms. The minimum Gasteiger partial charge on any atom is -0.504 e. The van der Waals surface area contributed by atoms with Crippen molar-refractivity contribution in [2.75, 3.05) is 21.3 Å². The number of esters is 1. The highest BCUT2D eigenvalue weighted by Gasteiger charge is 2.21. The van der Waals surface area contributed by atoms with Crippen LogP contribution in [-0.4, -0.2) is 38.2 Å². The fraction of sp³-hybridized carbons (Fsp3) is 0.600. The second-order valence-electron chi connectivity index (χ2n) is 6.27. The molecular formula is C20H30O6. The van der Waals surface area contributed by atoms with Crippen molar-refractivity contribution >= 4 is 11.8 Å². The highest BCUT2D eigenvalue weighted by molar-refractivity contribution is 6.01. The smallest absolute Gasteiger partial charge is 0.305 e. The molecule has 0 fully saturated rings. The quantitative estimate of drug-likeness (QED) is 0.339. The number of ether oxygens (including phenoxy) is 3. The van der Waals surface area contributed by atoms with Gasteiger partial charge in [0.2, 0.25) is 5.75 Å². The molecule has 0 bridgehead atoms. The van der Waals surface area contributed by atoms with Crippen LogP contribution < -0.4 is 9.47 Å². The molecule has 0 aliphatic carbocycles. The lowest BCUT2D eigenvalue weighted by atomic mass is 9.97. The lowest BCUT2D eigenvalue weighted by Crippen LogP contribution is -2.05. The molecule has 0 saturated heterocycles. The molecule has 1 N–H and O–H groups in total. The standard InChI is InChI=1S/C20H30O6/c1-14-13-16(24-2)20(26-4)19(23)18(14)15(21)11-9-7-5-6-8-10-12-17(22)25-3/h13,23H,5-12H2,1-4H3. The fourth-order valence-corrected chi connectivity index (χ4v) is 2.94. The van der Waals surface area contributed by atoms with Gasteiger partial charge in [0.15, 0.2) is 17.3 Å². The largest absolute Gasteiger partial charge is 0.504 e. The second-order valence-corrected chi connectivity index (χ2v) is 6.27. The van der Waals surface area contributed by atoms with Gasteiger partial charge in [0, 0.05) is 12.8 Å². The highest BCUT2D eigenvalue weighted by atomic mass is 16.5. The molecule has 1 aromatic rings. The van der Waals surface area contributed by atoms with E-state index in [1.165, 1.54) is 21.3 Å². The number of Topliss-reactive ketones (excluding diaryl/α,β-unsaturated/α-hetero) is 1. The Morgan fingerprint density at radius 3 is 2.04 bits per heavy atom. The number of phenols is 1. The number of methoxy groups -OCH3 is 3. The Labute approximate surface area is 155 Å². The van der Waals surface area contributed by atoms with Crippen LogP contribution in [-0.2, 0) is 9.53 Å². The minimum absolute atomic E-state index is 0.0911. The zero-order chi connectivity index (χ0) is 19.5. The Hall–Kier alpha value is -2.24. The predicted molar refractivity (Wildman–Crippen MR) is 99.2 cm³/mol. The van der Waals surface area contributed by atoms with Crippen molar-refractivity contribution in [2.45, 2.75) is 58.3 Å². The van der Waals surface area contributed by atoms with Crippen LogP contribution >= 0.6 is 0 Å². The average Bonchev–Trinajstić information content (AvgIpc) is 2.62. The van der Waals surface area contributed by atoms with Gasteiger partial charge in [-0.25, -0.2) is 0 Å². The van der Waals surface area contributed by atoms with E-state index in [2.05, 4.69) is 4.74 Å². The number of rotatable bonds is 12. The number of unbranched alkanes of at least 4 members (excludes halogenated alkanes) is 5. The molecule has 1 rings (SSSR count). The molecule has 1 aromatic carbocycles. The van der Waals surface area contributed by atoms with Gasteiger partial charge >= 0.3 is 5.97 Å². The topological polar surface area (TPSA) is 82.1 Å². The summed E-state index contributed by atoms with van der Waals surface area (Å²) in [6, 6.07) is 1.70. The van der Waals surface area contributed by atoms with Crippen LogP contribution in [0.1, 0.15) is 67.3 Å². The summed E-state index contributed by atoms with van der Waals surface area (Å²) in [5.41, 5.74) is 0.980. The number of hydrogen-bond acceptors (Lipinski definition) is 6. The van der Waals surface area contributed by atoms with E-state index < -0.39 is 0 Å². The van der Waals surface area contributed by atoms with E-state index >= 15 is 0 Å². The first kappa shape index (κ1) is 21.8. The maximum atomic E-state index is 12.5. The molecule has 0 atom stereocenters. The highest BCUT2D eigenvalue weighted by Crippen LogP contribution is 2.41. The number of aryl methyl sites for hydroxylation is 1. The van der Waals surface area contributed by atoms with Crippen molar-refractivity contribution in [1.29, 1.82) is 0 Å². The minimum atomic E-state index is -0.166. The first-order valence-electron chi connectivity index (χ1n) is 9.00. The first-order valence-corrected chi connectivity index (χ1v) is 9.00. The number of aromatic hydroxyl groups is 1. The van der Waals surface area contributed by atoms with Crippen LogP contribution in [0.2, 0.25) is 0 Å². The van der Waals surface area contributed by atoms with Crippen LogP contribution in [0.4, 0.5) is 0 Å². The summed E-state index contributed by atoms with van der Waals surface area (Å²) in [6.07, 6.45) is 6.43. The van der Waals surface area contributed by atoms with E-state index in [0.29, 0.717) is 29.7 Å². The number of hydrogen-bond donors (Lipinski definition) is 1. The summed E-state index contributed by atoms with van der Waals surface area (Å²) in [4.78, 5) is 23.5. The fourth-order valence-electron chi connectivity index (χ4n) is 2.94. The predicted octanol–water partition coefficient (Wildman–Crippen LogP) is 4.19. The third-order valence-electron chi connectivity index (χ3n) is 4.38. The second kappa shape index (κ2) is 11.4. The van der Waals surface area contributed by atoms with E-state index in [1.807, 2.05) is 0 Å². The van der Waals surface area contributed by atoms with Crippen molar-refractivity contribution in [3.63, 3.8) is 0 Å². The molecule has 26 heavy (non-hydrogen) atoms. The molecule has 0 heterocycles. The lowest BCUT2D eigenvalue weighted by Gasteiger charge is -2.15. The van der Waals surface area contributed by atoms with E-state index in [9.17, 15) is 14.7 Å². The summed E-state index contributed by atoms with van der Waals surface area (Å²) >= 11 is 0. The molecule has 0 unspecified atom stereocenters. The number of carbonyl (C=O) groups is 2. The van der Waals surface area contributed by atoms with Gasteiger partial charge in [-0.2, -0.15) is 0 Å². The number of ketones is 1. The van der Waals surface area contributed by atoms with Crippen LogP contribution in [0.25, 0.3) is 0 Å². The normalized spacial score (nSPS) is 10.5. The van der Waals surface area contributed by atoms with Crippen LogP contribution in [0, 0.1) is 6.92 Å². The van der Waals surface area contributed by atoms with Gasteiger partial charge in [0.1, 0.15) is 0 Å². The van der Waals surface area contributed by atoms with Crippen molar-refractivity contribution in [2.24, 2.45) is 0 Å². The van der Waals surface area contributed by atoms with Crippen LogP contribution in [0.15, 0.2) is 6.07 Å². The summed E-state index contributed by atoms with van der Waals surface area (Å²) in [5, 5.41) is 10.4. The van der Waals surface area contributed by atoms with Crippen molar-refractivity contribution < 1.29 is 28.9 Å². The molecule has 6 nitrogen and oxygen atoms in total. The van der Waals surface area contributed by atoms with Gasteiger partial charge < -0.3 is 19.3 Å². The van der Waals surface area contributed by atoms with E-state index in [-0.39, 0.29) is 23.3 Å². The molecule has 0 aliphatic heterocycles. The van der Waals surface area contributed by atoms with Gasteiger partial charge in [-0.1, -0.05) is 25.7 Å². The Balaban J connectivity index is 2.43. The van der Waals surface area contributed by atoms with Crippen molar-refractivity contribution in [3.05, 3.63) is 17.2 Å². The Morgan fingerprint density at radius 1 is 0.923 bits per heavy atom. The van der Waals surface area contributed by atoms with Crippen molar-refractivity contribution in [3.8, 4) is 17.2 Å². The molecular weight excluding hydrogens is 336 g/mol. The molecule has 0 aromatic heterocycles. The molecule has 0 radical (unpaired) electrons. The van der Waals surface area contributed by atoms with E-state index in [4.69, 9.17) is 9.47 Å². The van der Waals surface area contributed by atoms with Crippen molar-refractivity contribution in [1.82, 2.24) is 0 Å². The zero-order valence-electron chi connectivity index (χ0n) is 16.2.